The van der Waals surface area contributed by atoms with Gasteiger partial charge in [0.1, 0.15) is 17.7 Å². The van der Waals surface area contributed by atoms with E-state index in [2.05, 4.69) is 15.1 Å². The average molecular weight is 308 g/mol. The second-order valence-corrected chi connectivity index (χ2v) is 4.64. The van der Waals surface area contributed by atoms with Crippen molar-refractivity contribution in [2.45, 2.75) is 13.0 Å². The molecular weight excluding hydrogens is 293 g/mol. The monoisotopic (exact) mass is 307 g/mol. The summed E-state index contributed by atoms with van der Waals surface area (Å²) in [5.41, 5.74) is 1.07. The Kier molecular flexibility index (Phi) is 5.25. The van der Waals surface area contributed by atoms with E-state index in [4.69, 9.17) is 11.8 Å². The molecule has 2 aromatic rings. The van der Waals surface area contributed by atoms with Crippen LogP contribution in [0.2, 0.25) is 0 Å². The number of carbonyl (C=O) groups is 1. The van der Waals surface area contributed by atoms with Gasteiger partial charge in [0.25, 0.3) is 0 Å². The van der Waals surface area contributed by atoms with Gasteiger partial charge >= 0.3 is 0 Å². The Balaban J connectivity index is 2.28. The number of halogens is 2. The van der Waals surface area contributed by atoms with Crippen LogP contribution in [0.5, 0.6) is 0 Å². The van der Waals surface area contributed by atoms with Crippen molar-refractivity contribution in [3.05, 3.63) is 59.5 Å². The van der Waals surface area contributed by atoms with E-state index in [1.54, 1.807) is 18.3 Å². The molecule has 21 heavy (non-hydrogen) atoms. The number of pyridine rings is 1. The van der Waals surface area contributed by atoms with Gasteiger partial charge in [0, 0.05) is 18.3 Å². The summed E-state index contributed by atoms with van der Waals surface area (Å²) >= 11 is 5.72. The number of benzene rings is 1. The number of Topliss-reactive ketones (excluding diaryl/α,β-unsaturated/α-hetero) is 1. The second kappa shape index (κ2) is 7.15. The first-order valence-electron chi connectivity index (χ1n) is 6.51. The smallest absolute Gasteiger partial charge is 0.185 e. The number of hydrogen-bond acceptors (Lipinski definition) is 4. The lowest BCUT2D eigenvalue weighted by Crippen LogP contribution is -2.22. The van der Waals surface area contributed by atoms with Crippen LogP contribution in [0.25, 0.3) is 0 Å². The first kappa shape index (κ1) is 15.4. The summed E-state index contributed by atoms with van der Waals surface area (Å²) in [5, 5.41) is 3.07. The molecule has 1 aromatic heterocycles. The van der Waals surface area contributed by atoms with Gasteiger partial charge in [-0.15, -0.1) is 0 Å². The molecule has 1 unspecified atom stereocenters. The summed E-state index contributed by atoms with van der Waals surface area (Å²) in [7, 11) is 0. The quantitative estimate of drug-likeness (QED) is 0.635. The Hall–Kier alpha value is -1.98. The normalized spacial score (nSPS) is 12.0. The Morgan fingerprint density at radius 2 is 2.05 bits per heavy atom. The molecule has 0 aliphatic carbocycles. The Morgan fingerprint density at radius 3 is 2.67 bits per heavy atom. The molecule has 0 radical (unpaired) electrons. The van der Waals surface area contributed by atoms with Crippen molar-refractivity contribution in [3.63, 3.8) is 0 Å². The number of rotatable bonds is 6. The number of carbonyl (C=O) groups excluding carboxylic acids is 1. The maximum absolute atomic E-state index is 12.9. The van der Waals surface area contributed by atoms with Gasteiger partial charge in [-0.1, -0.05) is 0 Å². The van der Waals surface area contributed by atoms with Crippen LogP contribution in [0.1, 0.15) is 28.9 Å². The van der Waals surface area contributed by atoms with Crippen LogP contribution >= 0.6 is 11.8 Å². The van der Waals surface area contributed by atoms with Gasteiger partial charge in [-0.3, -0.25) is 4.79 Å². The molecule has 0 spiro atoms. The van der Waals surface area contributed by atoms with Gasteiger partial charge in [0.05, 0.1) is 0 Å². The van der Waals surface area contributed by atoms with Gasteiger partial charge in [-0.2, -0.15) is 0 Å². The van der Waals surface area contributed by atoms with E-state index in [0.29, 0.717) is 16.9 Å². The van der Waals surface area contributed by atoms with Crippen LogP contribution in [0.15, 0.2) is 42.6 Å². The van der Waals surface area contributed by atoms with Crippen molar-refractivity contribution in [2.75, 3.05) is 11.9 Å². The van der Waals surface area contributed by atoms with Crippen molar-refractivity contribution in [1.82, 2.24) is 9.82 Å². The van der Waals surface area contributed by atoms with Gasteiger partial charge in [0.2, 0.25) is 0 Å². The van der Waals surface area contributed by atoms with Crippen molar-refractivity contribution in [2.24, 2.45) is 0 Å². The van der Waals surface area contributed by atoms with Gasteiger partial charge < -0.3 is 5.32 Å². The van der Waals surface area contributed by atoms with E-state index in [-0.39, 0.29) is 11.6 Å². The maximum Gasteiger partial charge on any atom is 0.185 e. The molecule has 0 saturated carbocycles. The molecule has 0 saturated heterocycles. The molecule has 0 aliphatic rings. The SMILES string of the molecule is CCNc1cc(C(NCl)C(=O)c2ccc(F)cc2)ccn1. The van der Waals surface area contributed by atoms with Crippen LogP contribution in [-0.4, -0.2) is 17.3 Å². The van der Waals surface area contributed by atoms with E-state index < -0.39 is 6.04 Å². The second-order valence-electron chi connectivity index (χ2n) is 4.42. The highest BCUT2D eigenvalue weighted by Gasteiger charge is 2.21. The first-order chi connectivity index (χ1) is 10.2. The predicted octanol–water partition coefficient (Wildman–Crippen LogP) is 3.32. The molecule has 110 valence electrons. The third-order valence-electron chi connectivity index (χ3n) is 2.98. The standard InChI is InChI=1S/C15H15ClFN3O/c1-2-18-13-9-11(7-8-19-13)14(20-16)15(21)10-3-5-12(17)6-4-10/h3-9,14,20H,2H2,1H3,(H,18,19). The zero-order valence-corrected chi connectivity index (χ0v) is 12.2. The lowest BCUT2D eigenvalue weighted by atomic mass is 9.99. The maximum atomic E-state index is 12.9. The summed E-state index contributed by atoms with van der Waals surface area (Å²) in [6, 6.07) is 8.10. The fourth-order valence-corrected chi connectivity index (χ4v) is 2.17. The van der Waals surface area contributed by atoms with Crippen molar-refractivity contribution >= 4 is 23.4 Å². The number of nitrogens with one attached hydrogen (secondary N) is 2. The molecule has 2 N–H and O–H groups in total. The van der Waals surface area contributed by atoms with E-state index in [1.807, 2.05) is 6.92 Å². The summed E-state index contributed by atoms with van der Waals surface area (Å²) in [5.74, 6) is 0.0396. The van der Waals surface area contributed by atoms with Crippen LogP contribution in [0, 0.1) is 5.82 Å². The fraction of sp³-hybridized carbons (Fsp3) is 0.200. The van der Waals surface area contributed by atoms with E-state index in [0.717, 1.165) is 6.54 Å². The molecule has 1 aromatic carbocycles. The number of hydrogen-bond donors (Lipinski definition) is 2. The fourth-order valence-electron chi connectivity index (χ4n) is 1.95. The molecule has 0 amide bonds. The molecule has 1 atom stereocenters. The minimum Gasteiger partial charge on any atom is -0.370 e. The van der Waals surface area contributed by atoms with E-state index in [1.165, 1.54) is 24.3 Å². The lowest BCUT2D eigenvalue weighted by Gasteiger charge is -2.15. The zero-order chi connectivity index (χ0) is 15.2. The minimum absolute atomic E-state index is 0.237. The summed E-state index contributed by atoms with van der Waals surface area (Å²) in [6.45, 7) is 2.68. The zero-order valence-electron chi connectivity index (χ0n) is 11.4. The van der Waals surface area contributed by atoms with Crippen LogP contribution in [0.4, 0.5) is 10.2 Å². The first-order valence-corrected chi connectivity index (χ1v) is 6.89. The van der Waals surface area contributed by atoms with Gasteiger partial charge in [0.15, 0.2) is 5.78 Å². The van der Waals surface area contributed by atoms with Gasteiger partial charge in [-0.05, 0) is 60.7 Å². The average Bonchev–Trinajstić information content (AvgIpc) is 2.49. The Morgan fingerprint density at radius 1 is 1.33 bits per heavy atom. The molecule has 4 nitrogen and oxygen atoms in total. The molecule has 0 aliphatic heterocycles. The molecule has 0 bridgehead atoms. The largest absolute Gasteiger partial charge is 0.370 e. The third kappa shape index (κ3) is 3.77. The van der Waals surface area contributed by atoms with Crippen molar-refractivity contribution in [1.29, 1.82) is 0 Å². The molecular formula is C15H15ClFN3O. The lowest BCUT2D eigenvalue weighted by molar-refractivity contribution is 0.0954. The summed E-state index contributed by atoms with van der Waals surface area (Å²) < 4.78 is 12.9. The Bertz CT molecular complexity index is 619. The van der Waals surface area contributed by atoms with Gasteiger partial charge in [-0.25, -0.2) is 14.2 Å². The van der Waals surface area contributed by atoms with Crippen LogP contribution in [0.3, 0.4) is 0 Å². The highest BCUT2D eigenvalue weighted by atomic mass is 35.5. The predicted molar refractivity (Wildman–Crippen MR) is 80.9 cm³/mol. The highest BCUT2D eigenvalue weighted by molar-refractivity contribution is 6.16. The van der Waals surface area contributed by atoms with E-state index >= 15 is 0 Å². The van der Waals surface area contributed by atoms with Crippen LogP contribution in [-0.2, 0) is 0 Å². The molecule has 1 heterocycles. The third-order valence-corrected chi connectivity index (χ3v) is 3.19. The number of anilines is 1. The molecule has 2 rings (SSSR count). The number of nitrogens with zero attached hydrogens (tertiary/aromatic N) is 1. The van der Waals surface area contributed by atoms with E-state index in [9.17, 15) is 9.18 Å². The van der Waals surface area contributed by atoms with Crippen LogP contribution < -0.4 is 10.2 Å². The number of ketones is 1. The highest BCUT2D eigenvalue weighted by Crippen LogP contribution is 2.21. The number of aromatic nitrogens is 1. The summed E-state index contributed by atoms with van der Waals surface area (Å²) in [4.78, 5) is 19.1. The Labute approximate surface area is 127 Å². The molecule has 6 heteroatoms. The van der Waals surface area contributed by atoms with Crippen molar-refractivity contribution < 1.29 is 9.18 Å². The topological polar surface area (TPSA) is 54.0 Å². The minimum atomic E-state index is -0.725. The summed E-state index contributed by atoms with van der Waals surface area (Å²) in [6.07, 6.45) is 1.60. The van der Waals surface area contributed by atoms with Crippen molar-refractivity contribution in [3.8, 4) is 0 Å². The molecule has 0 fully saturated rings.